The zero-order chi connectivity index (χ0) is 12.4. The van der Waals surface area contributed by atoms with Gasteiger partial charge in [0.25, 0.3) is 0 Å². The largest absolute Gasteiger partial charge is 0.359 e. The summed E-state index contributed by atoms with van der Waals surface area (Å²) in [5.41, 5.74) is 3.68. The maximum atomic E-state index is 4.40. The number of nitrogens with zero attached hydrogens (tertiary/aromatic N) is 1. The first-order valence-corrected chi connectivity index (χ1v) is 6.42. The zero-order valence-corrected chi connectivity index (χ0v) is 10.6. The molecular formula is C14H18N4. The van der Waals surface area contributed by atoms with Crippen LogP contribution in [0.25, 0.3) is 10.9 Å². The Balaban J connectivity index is 1.72. The van der Waals surface area contributed by atoms with Gasteiger partial charge in [0.15, 0.2) is 5.96 Å². The number of aliphatic imine (C=N–C) groups is 1. The first kappa shape index (κ1) is 11.1. The number of hydrogen-bond acceptors (Lipinski definition) is 3. The highest BCUT2D eigenvalue weighted by Crippen LogP contribution is 2.16. The highest BCUT2D eigenvalue weighted by atomic mass is 15.2. The van der Waals surface area contributed by atoms with Gasteiger partial charge >= 0.3 is 0 Å². The van der Waals surface area contributed by atoms with E-state index in [0.717, 1.165) is 32.0 Å². The second kappa shape index (κ2) is 4.72. The molecule has 0 saturated heterocycles. The number of aryl methyl sites for hydroxylation is 1. The monoisotopic (exact) mass is 242 g/mol. The van der Waals surface area contributed by atoms with Gasteiger partial charge in [-0.1, -0.05) is 6.07 Å². The van der Waals surface area contributed by atoms with Crippen molar-refractivity contribution in [1.29, 1.82) is 0 Å². The van der Waals surface area contributed by atoms with E-state index in [4.69, 9.17) is 0 Å². The molecule has 1 aliphatic heterocycles. The molecule has 2 heterocycles. The van der Waals surface area contributed by atoms with Gasteiger partial charge in [0.2, 0.25) is 0 Å². The molecule has 3 rings (SSSR count). The molecule has 1 aromatic carbocycles. The lowest BCUT2D eigenvalue weighted by molar-refractivity contribution is 0.702. The second-order valence-electron chi connectivity index (χ2n) is 4.74. The summed E-state index contributed by atoms with van der Waals surface area (Å²) < 4.78 is 0. The number of aromatic amines is 1. The van der Waals surface area contributed by atoms with Gasteiger partial charge in [0, 0.05) is 30.8 Å². The summed E-state index contributed by atoms with van der Waals surface area (Å²) in [6.45, 7) is 4.83. The fourth-order valence-electron chi connectivity index (χ4n) is 2.27. The summed E-state index contributed by atoms with van der Waals surface area (Å²) >= 11 is 0. The van der Waals surface area contributed by atoms with Gasteiger partial charge < -0.3 is 15.6 Å². The number of aromatic nitrogens is 1. The van der Waals surface area contributed by atoms with E-state index in [2.05, 4.69) is 51.8 Å². The summed E-state index contributed by atoms with van der Waals surface area (Å²) in [6, 6.07) is 8.68. The Morgan fingerprint density at radius 2 is 2.28 bits per heavy atom. The van der Waals surface area contributed by atoms with Crippen molar-refractivity contribution in [3.05, 3.63) is 35.5 Å². The molecule has 0 spiro atoms. The molecule has 0 unspecified atom stereocenters. The summed E-state index contributed by atoms with van der Waals surface area (Å²) in [7, 11) is 0. The molecule has 1 aromatic heterocycles. The molecule has 3 N–H and O–H groups in total. The van der Waals surface area contributed by atoms with Gasteiger partial charge in [-0.3, -0.25) is 4.99 Å². The first-order valence-electron chi connectivity index (χ1n) is 6.42. The Morgan fingerprint density at radius 1 is 1.33 bits per heavy atom. The topological polar surface area (TPSA) is 52.2 Å². The summed E-state index contributed by atoms with van der Waals surface area (Å²) in [6.07, 6.45) is 1.12. The highest BCUT2D eigenvalue weighted by molar-refractivity contribution is 5.82. The quantitative estimate of drug-likeness (QED) is 0.753. The third-order valence-corrected chi connectivity index (χ3v) is 3.18. The third-order valence-electron chi connectivity index (χ3n) is 3.18. The van der Waals surface area contributed by atoms with E-state index < -0.39 is 0 Å². The van der Waals surface area contributed by atoms with Crippen molar-refractivity contribution in [2.45, 2.75) is 19.9 Å². The van der Waals surface area contributed by atoms with Gasteiger partial charge in [-0.25, -0.2) is 0 Å². The van der Waals surface area contributed by atoms with Crippen molar-refractivity contribution in [2.24, 2.45) is 4.99 Å². The smallest absolute Gasteiger partial charge is 0.191 e. The SMILES string of the molecule is Cc1cc2cc(CNC3=NCCCN3)ccc2[nH]1. The molecule has 0 amide bonds. The third kappa shape index (κ3) is 2.32. The minimum Gasteiger partial charge on any atom is -0.359 e. The van der Waals surface area contributed by atoms with Crippen molar-refractivity contribution < 1.29 is 0 Å². The van der Waals surface area contributed by atoms with Crippen LogP contribution in [0.2, 0.25) is 0 Å². The van der Waals surface area contributed by atoms with Crippen LogP contribution in [0, 0.1) is 6.92 Å². The Hall–Kier alpha value is -1.97. The average molecular weight is 242 g/mol. The molecule has 94 valence electrons. The second-order valence-corrected chi connectivity index (χ2v) is 4.74. The van der Waals surface area contributed by atoms with E-state index in [0.29, 0.717) is 0 Å². The Kier molecular flexibility index (Phi) is 2.92. The van der Waals surface area contributed by atoms with E-state index in [-0.39, 0.29) is 0 Å². The van der Waals surface area contributed by atoms with Crippen LogP contribution in [0.3, 0.4) is 0 Å². The number of fused-ring (bicyclic) bond motifs is 1. The minimum atomic E-state index is 0.812. The maximum absolute atomic E-state index is 4.40. The molecule has 4 heteroatoms. The van der Waals surface area contributed by atoms with Crippen LogP contribution in [0.15, 0.2) is 29.3 Å². The fraction of sp³-hybridized carbons (Fsp3) is 0.357. The number of rotatable bonds is 2. The van der Waals surface area contributed by atoms with E-state index >= 15 is 0 Å². The first-order chi connectivity index (χ1) is 8.81. The van der Waals surface area contributed by atoms with Crippen molar-refractivity contribution in [3.8, 4) is 0 Å². The number of H-pyrrole nitrogens is 1. The van der Waals surface area contributed by atoms with Crippen molar-refractivity contribution in [2.75, 3.05) is 13.1 Å². The molecule has 4 nitrogen and oxygen atoms in total. The fourth-order valence-corrected chi connectivity index (χ4v) is 2.27. The lowest BCUT2D eigenvalue weighted by atomic mass is 10.1. The Labute approximate surface area is 107 Å². The molecular weight excluding hydrogens is 224 g/mol. The number of nitrogens with one attached hydrogen (secondary N) is 3. The molecule has 0 radical (unpaired) electrons. The standard InChI is InChI=1S/C14H18N4/c1-10-7-12-8-11(3-4-13(12)18-10)9-17-14-15-5-2-6-16-14/h3-4,7-8,18H,2,5-6,9H2,1H3,(H2,15,16,17). The van der Waals surface area contributed by atoms with Crippen molar-refractivity contribution in [3.63, 3.8) is 0 Å². The van der Waals surface area contributed by atoms with E-state index in [9.17, 15) is 0 Å². The van der Waals surface area contributed by atoms with E-state index in [1.54, 1.807) is 0 Å². The van der Waals surface area contributed by atoms with Gasteiger partial charge in [-0.2, -0.15) is 0 Å². The van der Waals surface area contributed by atoms with Gasteiger partial charge in [-0.05, 0) is 42.5 Å². The number of guanidine groups is 1. The number of hydrogen-bond donors (Lipinski definition) is 3. The lowest BCUT2D eigenvalue weighted by Gasteiger charge is -2.15. The molecule has 2 aromatic rings. The average Bonchev–Trinajstić information content (AvgIpc) is 2.77. The van der Waals surface area contributed by atoms with Gasteiger partial charge in [-0.15, -0.1) is 0 Å². The van der Waals surface area contributed by atoms with Crippen molar-refractivity contribution >= 4 is 16.9 Å². The van der Waals surface area contributed by atoms with Crippen LogP contribution in [0.4, 0.5) is 0 Å². The predicted octanol–water partition coefficient (Wildman–Crippen LogP) is 1.92. The predicted molar refractivity (Wildman–Crippen MR) is 74.8 cm³/mol. The molecule has 0 fully saturated rings. The molecule has 0 bridgehead atoms. The molecule has 18 heavy (non-hydrogen) atoms. The number of benzene rings is 1. The molecule has 0 aliphatic carbocycles. The highest BCUT2D eigenvalue weighted by Gasteiger charge is 2.04. The summed E-state index contributed by atoms with van der Waals surface area (Å²) in [5, 5.41) is 7.87. The van der Waals surface area contributed by atoms with Gasteiger partial charge in [0.05, 0.1) is 0 Å². The Bertz CT molecular complexity index is 582. The molecule has 0 saturated carbocycles. The maximum Gasteiger partial charge on any atom is 0.191 e. The lowest BCUT2D eigenvalue weighted by Crippen LogP contribution is -2.40. The van der Waals surface area contributed by atoms with Crippen LogP contribution < -0.4 is 10.6 Å². The zero-order valence-electron chi connectivity index (χ0n) is 10.6. The van der Waals surface area contributed by atoms with Crippen LogP contribution in [0.1, 0.15) is 17.7 Å². The van der Waals surface area contributed by atoms with E-state index in [1.165, 1.54) is 22.2 Å². The summed E-state index contributed by atoms with van der Waals surface area (Å²) in [4.78, 5) is 7.73. The molecule has 1 aliphatic rings. The van der Waals surface area contributed by atoms with Gasteiger partial charge in [0.1, 0.15) is 0 Å². The van der Waals surface area contributed by atoms with Crippen LogP contribution >= 0.6 is 0 Å². The minimum absolute atomic E-state index is 0.812. The van der Waals surface area contributed by atoms with Crippen LogP contribution in [-0.2, 0) is 6.54 Å². The van der Waals surface area contributed by atoms with Crippen LogP contribution in [0.5, 0.6) is 0 Å². The normalized spacial score (nSPS) is 15.3. The van der Waals surface area contributed by atoms with E-state index in [1.807, 2.05) is 0 Å². The molecule has 0 atom stereocenters. The summed E-state index contributed by atoms with van der Waals surface area (Å²) in [5.74, 6) is 0.923. The van der Waals surface area contributed by atoms with Crippen LogP contribution in [-0.4, -0.2) is 24.0 Å². The van der Waals surface area contributed by atoms with Crippen molar-refractivity contribution in [1.82, 2.24) is 15.6 Å². The Morgan fingerprint density at radius 3 is 3.11 bits per heavy atom.